The van der Waals surface area contributed by atoms with Crippen molar-refractivity contribution in [2.75, 3.05) is 13.7 Å². The van der Waals surface area contributed by atoms with Crippen LogP contribution in [0.3, 0.4) is 0 Å². The van der Waals surface area contributed by atoms with Gasteiger partial charge < -0.3 is 29.9 Å². The van der Waals surface area contributed by atoms with Gasteiger partial charge in [-0.05, 0) is 0 Å². The van der Waals surface area contributed by atoms with Crippen molar-refractivity contribution in [1.29, 1.82) is 0 Å². The van der Waals surface area contributed by atoms with E-state index in [-0.39, 0.29) is 0 Å². The molecule has 6 heteroatoms. The second-order valence-corrected chi connectivity index (χ2v) is 2.93. The summed E-state index contributed by atoms with van der Waals surface area (Å²) in [6.45, 7) is -0.467. The Balaban J connectivity index is 2.66. The molecule has 0 radical (unpaired) electrons. The largest absolute Gasteiger partial charge is 0.394 e. The highest BCUT2D eigenvalue weighted by Gasteiger charge is 2.43. The molecule has 1 heterocycles. The van der Waals surface area contributed by atoms with E-state index in [1.165, 1.54) is 7.11 Å². The van der Waals surface area contributed by atoms with Crippen LogP contribution >= 0.6 is 0 Å². The van der Waals surface area contributed by atoms with Crippen LogP contribution in [0.15, 0.2) is 0 Å². The Morgan fingerprint density at radius 2 is 1.85 bits per heavy atom. The summed E-state index contributed by atoms with van der Waals surface area (Å²) >= 11 is 0. The van der Waals surface area contributed by atoms with E-state index in [1.54, 1.807) is 0 Å². The summed E-state index contributed by atoms with van der Waals surface area (Å²) in [5.74, 6) is 0. The maximum Gasteiger partial charge on any atom is 0.184 e. The molecule has 78 valence electrons. The number of aliphatic hydroxyl groups is 4. The first-order valence-corrected chi connectivity index (χ1v) is 3.95. The Labute approximate surface area is 75.3 Å². The van der Waals surface area contributed by atoms with Crippen LogP contribution in [0, 0.1) is 0 Å². The Kier molecular flexibility index (Phi) is 3.60. The lowest BCUT2D eigenvalue weighted by Gasteiger charge is -2.39. The van der Waals surface area contributed by atoms with Gasteiger partial charge in [0.25, 0.3) is 0 Å². The zero-order valence-corrected chi connectivity index (χ0v) is 7.20. The lowest BCUT2D eigenvalue weighted by molar-refractivity contribution is -0.291. The highest BCUT2D eigenvalue weighted by Crippen LogP contribution is 2.21. The molecule has 4 N–H and O–H groups in total. The fourth-order valence-electron chi connectivity index (χ4n) is 1.33. The van der Waals surface area contributed by atoms with Crippen molar-refractivity contribution < 1.29 is 29.9 Å². The molecule has 0 saturated carbocycles. The van der Waals surface area contributed by atoms with Crippen LogP contribution in [0.5, 0.6) is 0 Å². The quantitative estimate of drug-likeness (QED) is 0.386. The van der Waals surface area contributed by atoms with Gasteiger partial charge in [0.05, 0.1) is 6.61 Å². The van der Waals surface area contributed by atoms with Gasteiger partial charge in [-0.1, -0.05) is 0 Å². The van der Waals surface area contributed by atoms with Crippen LogP contribution < -0.4 is 0 Å². The maximum atomic E-state index is 9.38. The number of methoxy groups -OCH3 is 1. The van der Waals surface area contributed by atoms with Crippen LogP contribution in [0.4, 0.5) is 0 Å². The van der Waals surface area contributed by atoms with Crippen LogP contribution in [0.25, 0.3) is 0 Å². The van der Waals surface area contributed by atoms with Gasteiger partial charge in [0.1, 0.15) is 24.4 Å². The van der Waals surface area contributed by atoms with Crippen molar-refractivity contribution in [3.63, 3.8) is 0 Å². The predicted molar refractivity (Wildman–Crippen MR) is 40.8 cm³/mol. The van der Waals surface area contributed by atoms with Gasteiger partial charge in [-0.2, -0.15) is 0 Å². The van der Waals surface area contributed by atoms with E-state index >= 15 is 0 Å². The first kappa shape index (κ1) is 10.8. The summed E-state index contributed by atoms with van der Waals surface area (Å²) in [4.78, 5) is 0. The van der Waals surface area contributed by atoms with Crippen LogP contribution in [-0.2, 0) is 9.47 Å². The second kappa shape index (κ2) is 4.32. The molecule has 1 fully saturated rings. The van der Waals surface area contributed by atoms with Crippen molar-refractivity contribution in [3.8, 4) is 0 Å². The number of hydrogen-bond acceptors (Lipinski definition) is 6. The SMILES string of the molecule is COC1C(O)[C@@H](O)C(CO)O[C@H]1O. The Hall–Kier alpha value is -0.240. The molecular weight excluding hydrogens is 180 g/mol. The van der Waals surface area contributed by atoms with Gasteiger partial charge >= 0.3 is 0 Å². The average molecular weight is 194 g/mol. The lowest BCUT2D eigenvalue weighted by atomic mass is 9.99. The summed E-state index contributed by atoms with van der Waals surface area (Å²) < 4.78 is 9.50. The zero-order valence-electron chi connectivity index (χ0n) is 7.20. The minimum absolute atomic E-state index is 0.467. The van der Waals surface area contributed by atoms with Gasteiger partial charge in [0, 0.05) is 7.11 Å². The van der Waals surface area contributed by atoms with E-state index in [1.807, 2.05) is 0 Å². The van der Waals surface area contributed by atoms with Gasteiger partial charge in [0.2, 0.25) is 0 Å². The van der Waals surface area contributed by atoms with Crippen molar-refractivity contribution in [2.24, 2.45) is 0 Å². The molecule has 13 heavy (non-hydrogen) atoms. The highest BCUT2D eigenvalue weighted by molar-refractivity contribution is 4.88. The monoisotopic (exact) mass is 194 g/mol. The summed E-state index contributed by atoms with van der Waals surface area (Å²) in [5.41, 5.74) is 0. The first-order chi connectivity index (χ1) is 6.11. The van der Waals surface area contributed by atoms with E-state index < -0.39 is 37.3 Å². The Morgan fingerprint density at radius 3 is 2.31 bits per heavy atom. The summed E-state index contributed by atoms with van der Waals surface area (Å²) in [7, 11) is 1.28. The van der Waals surface area contributed by atoms with Crippen LogP contribution in [-0.4, -0.2) is 64.8 Å². The molecule has 0 amide bonds. The molecule has 0 spiro atoms. The lowest BCUT2D eigenvalue weighted by Crippen LogP contribution is -2.59. The molecule has 3 unspecified atom stereocenters. The number of rotatable bonds is 2. The van der Waals surface area contributed by atoms with E-state index in [0.717, 1.165) is 0 Å². The molecule has 0 aliphatic carbocycles. The molecule has 0 bridgehead atoms. The van der Waals surface area contributed by atoms with Crippen LogP contribution in [0.1, 0.15) is 0 Å². The van der Waals surface area contributed by atoms with Gasteiger partial charge in [-0.3, -0.25) is 0 Å². The van der Waals surface area contributed by atoms with Gasteiger partial charge in [-0.15, -0.1) is 0 Å². The minimum Gasteiger partial charge on any atom is -0.394 e. The molecule has 1 saturated heterocycles. The van der Waals surface area contributed by atoms with E-state index in [2.05, 4.69) is 0 Å². The van der Waals surface area contributed by atoms with Gasteiger partial charge in [-0.25, -0.2) is 0 Å². The van der Waals surface area contributed by atoms with Crippen LogP contribution in [0.2, 0.25) is 0 Å². The van der Waals surface area contributed by atoms with E-state index in [4.69, 9.17) is 14.6 Å². The fourth-order valence-corrected chi connectivity index (χ4v) is 1.33. The molecule has 0 aromatic carbocycles. The molecule has 5 atom stereocenters. The normalized spacial score (nSPS) is 46.4. The highest BCUT2D eigenvalue weighted by atomic mass is 16.7. The molecule has 1 aliphatic heterocycles. The number of aliphatic hydroxyl groups excluding tert-OH is 4. The third kappa shape index (κ3) is 1.98. The third-order valence-corrected chi connectivity index (χ3v) is 2.11. The van der Waals surface area contributed by atoms with Crippen molar-refractivity contribution >= 4 is 0 Å². The summed E-state index contributed by atoms with van der Waals surface area (Å²) in [5, 5.41) is 36.7. The average Bonchev–Trinajstić information content (AvgIpc) is 2.12. The van der Waals surface area contributed by atoms with E-state index in [0.29, 0.717) is 0 Å². The fraction of sp³-hybridized carbons (Fsp3) is 1.00. The first-order valence-electron chi connectivity index (χ1n) is 3.95. The smallest absolute Gasteiger partial charge is 0.184 e. The van der Waals surface area contributed by atoms with Crippen molar-refractivity contribution in [3.05, 3.63) is 0 Å². The molecule has 1 aliphatic rings. The number of ether oxygens (including phenoxy) is 2. The number of hydrogen-bond donors (Lipinski definition) is 4. The molecule has 6 nitrogen and oxygen atoms in total. The summed E-state index contributed by atoms with van der Waals surface area (Å²) in [6.07, 6.45) is -5.81. The van der Waals surface area contributed by atoms with Crippen molar-refractivity contribution in [1.82, 2.24) is 0 Å². The van der Waals surface area contributed by atoms with Gasteiger partial charge in [0.15, 0.2) is 6.29 Å². The second-order valence-electron chi connectivity index (χ2n) is 2.93. The molecule has 0 aromatic rings. The van der Waals surface area contributed by atoms with Crippen molar-refractivity contribution in [2.45, 2.75) is 30.7 Å². The Bertz CT molecular complexity index is 163. The maximum absolute atomic E-state index is 9.38. The topological polar surface area (TPSA) is 99.4 Å². The standard InChI is InChI=1S/C7H14O6/c1-12-6-5(10)4(9)3(2-8)13-7(6)11/h3-11H,2H2,1H3/t3?,4-,5?,6?,7+/m0/s1. The third-order valence-electron chi connectivity index (χ3n) is 2.11. The minimum atomic E-state index is -1.33. The molecule has 0 aromatic heterocycles. The summed E-state index contributed by atoms with van der Waals surface area (Å²) in [6, 6.07) is 0. The molecular formula is C7H14O6. The zero-order chi connectivity index (χ0) is 10.0. The predicted octanol–water partition coefficient (Wildman–Crippen LogP) is -2.57. The van der Waals surface area contributed by atoms with E-state index in [9.17, 15) is 15.3 Å². The Morgan fingerprint density at radius 1 is 1.23 bits per heavy atom. The molecule has 1 rings (SSSR count).